The second-order valence-corrected chi connectivity index (χ2v) is 11.9. The summed E-state index contributed by atoms with van der Waals surface area (Å²) in [6.07, 6.45) is 0.544. The Hall–Kier alpha value is -4.14. The van der Waals surface area contributed by atoms with Gasteiger partial charge in [-0.05, 0) is 42.0 Å². The minimum absolute atomic E-state index is 0.0484. The van der Waals surface area contributed by atoms with Crippen molar-refractivity contribution in [2.45, 2.75) is 35.7 Å². The van der Waals surface area contributed by atoms with Crippen molar-refractivity contribution >= 4 is 15.7 Å². The summed E-state index contributed by atoms with van der Waals surface area (Å²) in [5.41, 5.74) is 1.24. The number of hydrogen-bond donors (Lipinski definition) is 2. The van der Waals surface area contributed by atoms with Crippen molar-refractivity contribution in [1.82, 2.24) is 4.98 Å². The highest BCUT2D eigenvalue weighted by Gasteiger charge is 2.49. The molecule has 6 rings (SSSR count). The molecule has 0 amide bonds. The van der Waals surface area contributed by atoms with Gasteiger partial charge in [0.05, 0.1) is 17.6 Å². The van der Waals surface area contributed by atoms with E-state index in [1.165, 1.54) is 36.4 Å². The maximum atomic E-state index is 14.8. The van der Waals surface area contributed by atoms with Crippen molar-refractivity contribution in [2.75, 3.05) is 20.3 Å². The van der Waals surface area contributed by atoms with E-state index in [2.05, 4.69) is 10.1 Å². The second kappa shape index (κ2) is 11.5. The van der Waals surface area contributed by atoms with Gasteiger partial charge >= 0.3 is 0 Å². The summed E-state index contributed by atoms with van der Waals surface area (Å²) < 4.78 is 67.5. The molecule has 3 aromatic carbocycles. The zero-order chi connectivity index (χ0) is 30.2. The fourth-order valence-corrected chi connectivity index (χ4v) is 5.82. The van der Waals surface area contributed by atoms with Gasteiger partial charge in [-0.3, -0.25) is 0 Å². The van der Waals surface area contributed by atoms with Crippen LogP contribution in [0.5, 0.6) is 5.75 Å². The zero-order valence-electron chi connectivity index (χ0n) is 23.0. The first-order valence-electron chi connectivity index (χ1n) is 13.3. The van der Waals surface area contributed by atoms with Crippen LogP contribution in [-0.2, 0) is 29.8 Å². The van der Waals surface area contributed by atoms with Gasteiger partial charge in [0.2, 0.25) is 15.9 Å². The molecule has 2 saturated heterocycles. The predicted molar refractivity (Wildman–Crippen MR) is 152 cm³/mol. The van der Waals surface area contributed by atoms with Gasteiger partial charge in [0.15, 0.2) is 17.8 Å². The highest BCUT2D eigenvalue weighted by molar-refractivity contribution is 7.89. The van der Waals surface area contributed by atoms with Gasteiger partial charge in [-0.25, -0.2) is 22.9 Å². The Labute approximate surface area is 246 Å². The van der Waals surface area contributed by atoms with E-state index in [9.17, 15) is 18.0 Å². The molecule has 3 N–H and O–H groups in total. The molecule has 1 aromatic heterocycles. The lowest BCUT2D eigenvalue weighted by Crippen LogP contribution is -2.39. The number of oxazole rings is 1. The summed E-state index contributed by atoms with van der Waals surface area (Å²) in [5, 5.41) is 18.5. The van der Waals surface area contributed by atoms with Crippen LogP contribution in [0.2, 0.25) is 0 Å². The SMILES string of the molecule is CO[C@@H]1C[C@@H]2OC[C@@](c3cc(F)cc(OC/C(=N\O)c4nc(-c5ccccc5)c(-c5ccc(S(N)(=O)=O)cc5)o4)c3)(C1)O2. The number of nitrogens with zero attached hydrogens (tertiary/aromatic N) is 2. The summed E-state index contributed by atoms with van der Waals surface area (Å²) in [4.78, 5) is 4.50. The van der Waals surface area contributed by atoms with Gasteiger partial charge in [-0.1, -0.05) is 35.5 Å². The van der Waals surface area contributed by atoms with E-state index >= 15 is 0 Å². The molecule has 43 heavy (non-hydrogen) atoms. The van der Waals surface area contributed by atoms with E-state index < -0.39 is 27.7 Å². The molecule has 2 fully saturated rings. The lowest BCUT2D eigenvalue weighted by atomic mass is 9.86. The molecule has 0 spiro atoms. The molecule has 0 radical (unpaired) electrons. The summed E-state index contributed by atoms with van der Waals surface area (Å²) in [5.74, 6) is -0.115. The van der Waals surface area contributed by atoms with Crippen molar-refractivity contribution < 1.29 is 41.4 Å². The molecule has 11 nitrogen and oxygen atoms in total. The fourth-order valence-electron chi connectivity index (χ4n) is 5.31. The summed E-state index contributed by atoms with van der Waals surface area (Å²) in [6, 6.07) is 19.2. The Morgan fingerprint density at radius 1 is 1.14 bits per heavy atom. The van der Waals surface area contributed by atoms with Gasteiger partial charge in [-0.2, -0.15) is 0 Å². The van der Waals surface area contributed by atoms with Crippen molar-refractivity contribution in [3.63, 3.8) is 0 Å². The van der Waals surface area contributed by atoms with Gasteiger partial charge in [0, 0.05) is 37.1 Å². The number of halogens is 1. The Balaban J connectivity index is 1.28. The average molecular weight is 610 g/mol. The van der Waals surface area contributed by atoms with Crippen molar-refractivity contribution in [3.8, 4) is 28.3 Å². The van der Waals surface area contributed by atoms with Crippen molar-refractivity contribution in [3.05, 3.63) is 90.1 Å². The number of aromatic nitrogens is 1. The standard InChI is InChI=1S/C30H28FN3O8S/c1-38-23-14-26-40-17-30(15-23,42-26)20-11-21(31)13-22(12-20)39-16-25(34-35)29-33-27(18-5-3-2-4-6-18)28(41-29)19-7-9-24(10-8-19)43(32,36)37/h2-13,23,26,35H,14-17H2,1H3,(H2,32,36,37)/b34-25+/t23-,26-,30-/m1/s1. The first-order valence-corrected chi connectivity index (χ1v) is 14.9. The highest BCUT2D eigenvalue weighted by atomic mass is 32.2. The molecule has 224 valence electrons. The monoisotopic (exact) mass is 609 g/mol. The Morgan fingerprint density at radius 2 is 1.91 bits per heavy atom. The molecule has 4 aromatic rings. The summed E-state index contributed by atoms with van der Waals surface area (Å²) >= 11 is 0. The van der Waals surface area contributed by atoms with Gasteiger partial charge in [-0.15, -0.1) is 0 Å². The number of nitrogens with two attached hydrogens (primary N) is 1. The minimum Gasteiger partial charge on any atom is -0.487 e. The Morgan fingerprint density at radius 3 is 2.60 bits per heavy atom. The third-order valence-corrected chi connectivity index (χ3v) is 8.39. The molecular weight excluding hydrogens is 581 g/mol. The molecule has 2 bridgehead atoms. The average Bonchev–Trinajstić information content (AvgIpc) is 3.58. The van der Waals surface area contributed by atoms with Gasteiger partial charge in [0.25, 0.3) is 0 Å². The van der Waals surface area contributed by atoms with E-state index in [4.69, 9.17) is 28.5 Å². The first kappa shape index (κ1) is 29.0. The Bertz CT molecular complexity index is 1760. The normalized spacial score (nSPS) is 22.1. The number of oxime groups is 1. The highest BCUT2D eigenvalue weighted by Crippen LogP contribution is 2.45. The number of ether oxygens (including phenoxy) is 4. The molecule has 3 atom stereocenters. The quantitative estimate of drug-likeness (QED) is 0.159. The number of rotatable bonds is 9. The van der Waals surface area contributed by atoms with E-state index in [0.717, 1.165) is 0 Å². The van der Waals surface area contributed by atoms with Crippen LogP contribution in [0.3, 0.4) is 0 Å². The van der Waals surface area contributed by atoms with Crippen LogP contribution in [0.15, 0.2) is 87.3 Å². The largest absolute Gasteiger partial charge is 0.487 e. The van der Waals surface area contributed by atoms with Crippen LogP contribution in [-0.4, -0.2) is 57.0 Å². The zero-order valence-corrected chi connectivity index (χ0v) is 23.8. The van der Waals surface area contributed by atoms with Crippen LogP contribution in [0, 0.1) is 5.82 Å². The van der Waals surface area contributed by atoms with Crippen LogP contribution >= 0.6 is 0 Å². The molecule has 2 aliphatic heterocycles. The number of benzene rings is 3. The molecule has 2 aliphatic rings. The van der Waals surface area contributed by atoms with E-state index in [1.54, 1.807) is 13.2 Å². The van der Waals surface area contributed by atoms with E-state index in [1.807, 2.05) is 30.3 Å². The Kier molecular flexibility index (Phi) is 7.75. The van der Waals surface area contributed by atoms with E-state index in [0.29, 0.717) is 41.0 Å². The summed E-state index contributed by atoms with van der Waals surface area (Å²) in [6.45, 7) is -0.0606. The second-order valence-electron chi connectivity index (χ2n) is 10.3. The maximum absolute atomic E-state index is 14.8. The minimum atomic E-state index is -3.89. The van der Waals surface area contributed by atoms with Crippen molar-refractivity contribution in [1.29, 1.82) is 0 Å². The maximum Gasteiger partial charge on any atom is 0.249 e. The van der Waals surface area contributed by atoms with Crippen molar-refractivity contribution in [2.24, 2.45) is 10.3 Å². The van der Waals surface area contributed by atoms with Crippen LogP contribution in [0.4, 0.5) is 4.39 Å². The molecule has 13 heteroatoms. The lowest BCUT2D eigenvalue weighted by molar-refractivity contribution is -0.162. The molecule has 0 aliphatic carbocycles. The number of hydrogen-bond acceptors (Lipinski definition) is 10. The predicted octanol–water partition coefficient (Wildman–Crippen LogP) is 4.43. The van der Waals surface area contributed by atoms with Crippen LogP contribution in [0.25, 0.3) is 22.6 Å². The van der Waals surface area contributed by atoms with Crippen LogP contribution < -0.4 is 9.88 Å². The van der Waals surface area contributed by atoms with E-state index in [-0.39, 0.29) is 41.6 Å². The third kappa shape index (κ3) is 5.90. The number of sulfonamides is 1. The third-order valence-electron chi connectivity index (χ3n) is 7.47. The molecule has 0 saturated carbocycles. The van der Waals surface area contributed by atoms with Gasteiger partial charge in [0.1, 0.15) is 29.5 Å². The smallest absolute Gasteiger partial charge is 0.249 e. The molecular formula is C30H28FN3O8S. The lowest BCUT2D eigenvalue weighted by Gasteiger charge is -2.35. The molecule has 0 unspecified atom stereocenters. The van der Waals surface area contributed by atoms with Gasteiger partial charge < -0.3 is 28.6 Å². The summed E-state index contributed by atoms with van der Waals surface area (Å²) in [7, 11) is -2.27. The first-order chi connectivity index (χ1) is 20.7. The number of methoxy groups -OCH3 is 1. The topological polar surface area (TPSA) is 156 Å². The molecule has 3 heterocycles. The van der Waals surface area contributed by atoms with Crippen LogP contribution in [0.1, 0.15) is 24.3 Å². The number of fused-ring (bicyclic) bond motifs is 2. The fraction of sp³-hybridized carbons (Fsp3) is 0.267. The number of primary sulfonamides is 1.